The van der Waals surface area contributed by atoms with Crippen LogP contribution in [0.3, 0.4) is 0 Å². The molecule has 3 aromatic heterocycles. The molecule has 0 radical (unpaired) electrons. The topological polar surface area (TPSA) is 109 Å². The first kappa shape index (κ1) is 23.6. The number of nitrogens with one attached hydrogen (secondary N) is 3. The number of fused-ring (bicyclic) bond motifs is 1. The lowest BCUT2D eigenvalue weighted by molar-refractivity contribution is -0.119. The van der Waals surface area contributed by atoms with E-state index in [0.29, 0.717) is 22.3 Å². The van der Waals surface area contributed by atoms with Gasteiger partial charge < -0.3 is 15.0 Å². The Hall–Kier alpha value is -5.12. The Kier molecular flexibility index (Phi) is 6.54. The maximum absolute atomic E-state index is 14.9. The summed E-state index contributed by atoms with van der Waals surface area (Å²) in [7, 11) is 0. The van der Waals surface area contributed by atoms with E-state index in [1.54, 1.807) is 30.9 Å². The van der Waals surface area contributed by atoms with Crippen molar-refractivity contribution in [2.24, 2.45) is 0 Å². The molecule has 3 heterocycles. The van der Waals surface area contributed by atoms with Crippen molar-refractivity contribution in [2.45, 2.75) is 6.42 Å². The molecule has 5 aromatic rings. The van der Waals surface area contributed by atoms with Gasteiger partial charge in [0.05, 0.1) is 11.8 Å². The number of amides is 3. The summed E-state index contributed by atoms with van der Waals surface area (Å²) in [5.74, 6) is -1.43. The van der Waals surface area contributed by atoms with Gasteiger partial charge in [-0.1, -0.05) is 18.2 Å². The van der Waals surface area contributed by atoms with E-state index in [0.717, 1.165) is 17.2 Å². The summed E-state index contributed by atoms with van der Waals surface area (Å²) in [6.45, 7) is 0. The second-order valence-corrected chi connectivity index (χ2v) is 8.03. The number of imide groups is 1. The first-order chi connectivity index (χ1) is 18.0. The minimum atomic E-state index is -0.829. The number of carbonyl (C=O) groups is 2. The molecule has 2 aromatic carbocycles. The van der Waals surface area contributed by atoms with Gasteiger partial charge in [0.1, 0.15) is 17.2 Å². The minimum absolute atomic E-state index is 0.0656. The molecule has 37 heavy (non-hydrogen) atoms. The van der Waals surface area contributed by atoms with Crippen LogP contribution in [0.2, 0.25) is 0 Å². The number of H-pyrrole nitrogens is 1. The maximum atomic E-state index is 14.9. The molecule has 0 unspecified atom stereocenters. The Morgan fingerprint density at radius 3 is 2.57 bits per heavy atom. The molecule has 5 rings (SSSR count). The lowest BCUT2D eigenvalue weighted by Gasteiger charge is -2.11. The second-order valence-electron chi connectivity index (χ2n) is 8.03. The molecule has 3 N–H and O–H groups in total. The zero-order valence-electron chi connectivity index (χ0n) is 19.2. The SMILES string of the molecule is O=C(Cc1ccc(F)cc1)NC(=O)Nc1ccc(Oc2ccnc3[nH]cc(-c4cccnc4)c23)c(F)c1. The Morgan fingerprint density at radius 2 is 1.81 bits per heavy atom. The number of anilines is 1. The van der Waals surface area contributed by atoms with Gasteiger partial charge in [-0.05, 0) is 42.0 Å². The number of aromatic amines is 1. The number of pyridine rings is 2. The monoisotopic (exact) mass is 499 g/mol. The van der Waals surface area contributed by atoms with Crippen molar-refractivity contribution < 1.29 is 23.1 Å². The molecule has 3 amide bonds. The average Bonchev–Trinajstić information content (AvgIpc) is 3.33. The van der Waals surface area contributed by atoms with Crippen LogP contribution in [0.1, 0.15) is 5.56 Å². The van der Waals surface area contributed by atoms with Gasteiger partial charge in [0, 0.05) is 47.7 Å². The highest BCUT2D eigenvalue weighted by molar-refractivity contribution is 6.02. The Labute approximate surface area is 209 Å². The minimum Gasteiger partial charge on any atom is -0.453 e. The normalized spacial score (nSPS) is 10.8. The van der Waals surface area contributed by atoms with Crippen LogP contribution >= 0.6 is 0 Å². The maximum Gasteiger partial charge on any atom is 0.325 e. The van der Waals surface area contributed by atoms with Crippen LogP contribution in [-0.2, 0) is 11.2 Å². The number of rotatable bonds is 6. The number of nitrogens with zero attached hydrogens (tertiary/aromatic N) is 2. The molecule has 8 nitrogen and oxygen atoms in total. The third kappa shape index (κ3) is 5.43. The van der Waals surface area contributed by atoms with Crippen LogP contribution in [0.25, 0.3) is 22.2 Å². The fourth-order valence-electron chi connectivity index (χ4n) is 3.76. The molecule has 0 atom stereocenters. The van der Waals surface area contributed by atoms with Crippen LogP contribution < -0.4 is 15.4 Å². The van der Waals surface area contributed by atoms with Crippen LogP contribution in [0.4, 0.5) is 19.3 Å². The number of aromatic nitrogens is 3. The first-order valence-electron chi connectivity index (χ1n) is 11.2. The molecular weight excluding hydrogens is 480 g/mol. The van der Waals surface area contributed by atoms with Gasteiger partial charge >= 0.3 is 6.03 Å². The molecule has 0 saturated heterocycles. The van der Waals surface area contributed by atoms with Crippen molar-refractivity contribution in [3.8, 4) is 22.6 Å². The lowest BCUT2D eigenvalue weighted by atomic mass is 10.1. The molecule has 0 aliphatic rings. The summed E-state index contributed by atoms with van der Waals surface area (Å²) in [5, 5.41) is 5.22. The smallest absolute Gasteiger partial charge is 0.325 e. The van der Waals surface area contributed by atoms with E-state index in [1.807, 2.05) is 12.1 Å². The quantitative estimate of drug-likeness (QED) is 0.282. The van der Waals surface area contributed by atoms with Crippen molar-refractivity contribution in [3.05, 3.63) is 103 Å². The zero-order valence-corrected chi connectivity index (χ0v) is 19.2. The van der Waals surface area contributed by atoms with E-state index in [4.69, 9.17) is 4.74 Å². The van der Waals surface area contributed by atoms with Gasteiger partial charge in [-0.2, -0.15) is 0 Å². The van der Waals surface area contributed by atoms with Crippen LogP contribution in [0, 0.1) is 11.6 Å². The number of benzene rings is 2. The summed E-state index contributed by atoms with van der Waals surface area (Å²) in [5.41, 5.74) is 2.86. The van der Waals surface area contributed by atoms with Crippen molar-refractivity contribution >= 4 is 28.7 Å². The number of halogens is 2. The molecule has 0 fully saturated rings. The van der Waals surface area contributed by atoms with Gasteiger partial charge in [0.25, 0.3) is 0 Å². The Balaban J connectivity index is 1.28. The summed E-state index contributed by atoms with van der Waals surface area (Å²) < 4.78 is 33.8. The fourth-order valence-corrected chi connectivity index (χ4v) is 3.76. The molecule has 0 aliphatic heterocycles. The fraction of sp³-hybridized carbons (Fsp3) is 0.0370. The molecule has 0 saturated carbocycles. The van der Waals surface area contributed by atoms with Crippen molar-refractivity contribution in [1.82, 2.24) is 20.3 Å². The zero-order chi connectivity index (χ0) is 25.8. The number of carbonyl (C=O) groups excluding carboxylic acids is 2. The second kappa shape index (κ2) is 10.2. The molecule has 0 bridgehead atoms. The number of hydrogen-bond acceptors (Lipinski definition) is 5. The summed E-state index contributed by atoms with van der Waals surface area (Å²) in [6.07, 6.45) is 6.58. The highest BCUT2D eigenvalue weighted by Gasteiger charge is 2.16. The summed E-state index contributed by atoms with van der Waals surface area (Å²) >= 11 is 0. The molecular formula is C27H19F2N5O3. The summed E-state index contributed by atoms with van der Waals surface area (Å²) in [6, 6.07) is 13.7. The number of hydrogen-bond donors (Lipinski definition) is 3. The van der Waals surface area contributed by atoms with Crippen LogP contribution in [0.15, 0.2) is 85.5 Å². The van der Waals surface area contributed by atoms with Gasteiger partial charge in [-0.25, -0.2) is 18.6 Å². The van der Waals surface area contributed by atoms with Crippen molar-refractivity contribution in [3.63, 3.8) is 0 Å². The van der Waals surface area contributed by atoms with E-state index in [-0.39, 0.29) is 17.9 Å². The third-order valence-corrected chi connectivity index (χ3v) is 5.45. The standard InChI is InChI=1S/C27H19F2N5O3/c28-18-5-3-16(4-6-18)12-24(35)34-27(36)33-19-7-8-22(21(29)13-19)37-23-9-11-31-26-25(23)20(15-32-26)17-2-1-10-30-14-17/h1-11,13-15H,12H2,(H,31,32)(H2,33,34,35,36). The molecule has 0 aliphatic carbocycles. The largest absolute Gasteiger partial charge is 0.453 e. The van der Waals surface area contributed by atoms with Gasteiger partial charge in [0.15, 0.2) is 11.6 Å². The highest BCUT2D eigenvalue weighted by atomic mass is 19.1. The Morgan fingerprint density at radius 1 is 0.973 bits per heavy atom. The third-order valence-electron chi connectivity index (χ3n) is 5.45. The van der Waals surface area contributed by atoms with E-state index in [9.17, 15) is 18.4 Å². The molecule has 184 valence electrons. The van der Waals surface area contributed by atoms with Gasteiger partial charge in [-0.15, -0.1) is 0 Å². The summed E-state index contributed by atoms with van der Waals surface area (Å²) in [4.78, 5) is 35.8. The van der Waals surface area contributed by atoms with E-state index in [1.165, 1.54) is 36.4 Å². The molecule has 0 spiro atoms. The van der Waals surface area contributed by atoms with Gasteiger partial charge in [0.2, 0.25) is 5.91 Å². The Bertz CT molecular complexity index is 1590. The predicted octanol–water partition coefficient (Wildman–Crippen LogP) is 5.59. The van der Waals surface area contributed by atoms with E-state index < -0.39 is 23.6 Å². The highest BCUT2D eigenvalue weighted by Crippen LogP contribution is 2.37. The molecule has 10 heteroatoms. The number of urea groups is 1. The van der Waals surface area contributed by atoms with Crippen molar-refractivity contribution in [1.29, 1.82) is 0 Å². The average molecular weight is 499 g/mol. The predicted molar refractivity (Wildman–Crippen MR) is 133 cm³/mol. The lowest BCUT2D eigenvalue weighted by Crippen LogP contribution is -2.35. The number of ether oxygens (including phenoxy) is 1. The van der Waals surface area contributed by atoms with E-state index in [2.05, 4.69) is 25.6 Å². The first-order valence-corrected chi connectivity index (χ1v) is 11.2. The van der Waals surface area contributed by atoms with Gasteiger partial charge in [-0.3, -0.25) is 15.1 Å². The van der Waals surface area contributed by atoms with Crippen molar-refractivity contribution in [2.75, 3.05) is 5.32 Å². The van der Waals surface area contributed by atoms with Crippen LogP contribution in [-0.4, -0.2) is 26.9 Å². The van der Waals surface area contributed by atoms with E-state index >= 15 is 0 Å². The van der Waals surface area contributed by atoms with Crippen LogP contribution in [0.5, 0.6) is 11.5 Å².